The summed E-state index contributed by atoms with van der Waals surface area (Å²) in [7, 11) is 0. The summed E-state index contributed by atoms with van der Waals surface area (Å²) < 4.78 is 5.53. The van der Waals surface area contributed by atoms with Crippen molar-refractivity contribution in [3.8, 4) is 0 Å². The lowest BCUT2D eigenvalue weighted by molar-refractivity contribution is 0.108. The van der Waals surface area contributed by atoms with E-state index in [0.29, 0.717) is 12.1 Å². The first-order valence-corrected chi connectivity index (χ1v) is 4.97. The standard InChI is InChI=1S/C10H17NO/c1-2-5-9(4-1)11-8-10-6-3-7-12-10/h1,4,9-11H,2-3,5-8H2. The van der Waals surface area contributed by atoms with Crippen LogP contribution in [0.15, 0.2) is 12.2 Å². The first-order valence-electron chi connectivity index (χ1n) is 4.97. The van der Waals surface area contributed by atoms with Crippen molar-refractivity contribution in [2.75, 3.05) is 13.2 Å². The van der Waals surface area contributed by atoms with Crippen LogP contribution in [0.2, 0.25) is 0 Å². The lowest BCUT2D eigenvalue weighted by atomic mass is 10.2. The summed E-state index contributed by atoms with van der Waals surface area (Å²) in [6.45, 7) is 2.00. The molecule has 1 aliphatic heterocycles. The average molecular weight is 167 g/mol. The summed E-state index contributed by atoms with van der Waals surface area (Å²) in [5, 5.41) is 3.51. The summed E-state index contributed by atoms with van der Waals surface area (Å²) in [4.78, 5) is 0. The maximum absolute atomic E-state index is 5.53. The van der Waals surface area contributed by atoms with Crippen molar-refractivity contribution in [3.63, 3.8) is 0 Å². The number of nitrogens with one attached hydrogen (secondary N) is 1. The zero-order valence-electron chi connectivity index (χ0n) is 7.46. The Morgan fingerprint density at radius 2 is 2.42 bits per heavy atom. The Balaban J connectivity index is 1.63. The summed E-state index contributed by atoms with van der Waals surface area (Å²) in [5.74, 6) is 0. The predicted molar refractivity (Wildman–Crippen MR) is 49.1 cm³/mol. The Morgan fingerprint density at radius 3 is 3.08 bits per heavy atom. The van der Waals surface area contributed by atoms with Crippen LogP contribution in [-0.4, -0.2) is 25.3 Å². The summed E-state index contributed by atoms with van der Waals surface area (Å²) in [6, 6.07) is 0.620. The number of hydrogen-bond donors (Lipinski definition) is 1. The van der Waals surface area contributed by atoms with E-state index in [2.05, 4.69) is 17.5 Å². The molecule has 68 valence electrons. The Bertz CT molecular complexity index is 161. The van der Waals surface area contributed by atoms with Crippen LogP contribution in [0.4, 0.5) is 0 Å². The third kappa shape index (κ3) is 2.08. The summed E-state index contributed by atoms with van der Waals surface area (Å²) in [5.41, 5.74) is 0. The molecule has 2 atom stereocenters. The number of allylic oxidation sites excluding steroid dienone is 1. The van der Waals surface area contributed by atoms with Gasteiger partial charge in [0.2, 0.25) is 0 Å². The molecule has 2 nitrogen and oxygen atoms in total. The molecular weight excluding hydrogens is 150 g/mol. The highest BCUT2D eigenvalue weighted by Crippen LogP contribution is 2.13. The van der Waals surface area contributed by atoms with Crippen LogP contribution < -0.4 is 5.32 Å². The van der Waals surface area contributed by atoms with Crippen LogP contribution in [0, 0.1) is 0 Å². The smallest absolute Gasteiger partial charge is 0.0700 e. The van der Waals surface area contributed by atoms with Gasteiger partial charge in [-0.15, -0.1) is 0 Å². The fourth-order valence-electron chi connectivity index (χ4n) is 1.89. The third-order valence-electron chi connectivity index (χ3n) is 2.64. The first-order chi connectivity index (χ1) is 5.95. The van der Waals surface area contributed by atoms with Crippen LogP contribution >= 0.6 is 0 Å². The van der Waals surface area contributed by atoms with Gasteiger partial charge in [-0.3, -0.25) is 0 Å². The van der Waals surface area contributed by atoms with Gasteiger partial charge in [0, 0.05) is 19.2 Å². The molecule has 1 fully saturated rings. The van der Waals surface area contributed by atoms with E-state index in [1.165, 1.54) is 25.7 Å². The zero-order valence-corrected chi connectivity index (χ0v) is 7.46. The van der Waals surface area contributed by atoms with E-state index in [-0.39, 0.29) is 0 Å². The lowest BCUT2D eigenvalue weighted by Gasteiger charge is -2.14. The van der Waals surface area contributed by atoms with Crippen molar-refractivity contribution in [3.05, 3.63) is 12.2 Å². The maximum atomic E-state index is 5.53. The van der Waals surface area contributed by atoms with Crippen LogP contribution in [0.25, 0.3) is 0 Å². The molecule has 0 radical (unpaired) electrons. The molecule has 0 spiro atoms. The average Bonchev–Trinajstić information content (AvgIpc) is 2.74. The van der Waals surface area contributed by atoms with Gasteiger partial charge in [0.05, 0.1) is 6.10 Å². The molecule has 0 aromatic rings. The molecular formula is C10H17NO. The molecule has 1 N–H and O–H groups in total. The molecule has 0 bridgehead atoms. The highest BCUT2D eigenvalue weighted by Gasteiger charge is 2.16. The molecule has 2 heteroatoms. The fraction of sp³-hybridized carbons (Fsp3) is 0.800. The van der Waals surface area contributed by atoms with Crippen molar-refractivity contribution in [1.82, 2.24) is 5.32 Å². The molecule has 1 aliphatic carbocycles. The van der Waals surface area contributed by atoms with Crippen LogP contribution in [0.1, 0.15) is 25.7 Å². The van der Waals surface area contributed by atoms with Gasteiger partial charge in [0.1, 0.15) is 0 Å². The monoisotopic (exact) mass is 167 g/mol. The van der Waals surface area contributed by atoms with Gasteiger partial charge in [0.25, 0.3) is 0 Å². The Hall–Kier alpha value is -0.340. The first kappa shape index (κ1) is 8.27. The van der Waals surface area contributed by atoms with Gasteiger partial charge < -0.3 is 10.1 Å². The van der Waals surface area contributed by atoms with E-state index < -0.39 is 0 Å². The Morgan fingerprint density at radius 1 is 1.42 bits per heavy atom. The van der Waals surface area contributed by atoms with Crippen LogP contribution in [0.5, 0.6) is 0 Å². The SMILES string of the molecule is C1=CC(NCC2CCCO2)CC1. The lowest BCUT2D eigenvalue weighted by Crippen LogP contribution is -2.32. The molecule has 1 heterocycles. The van der Waals surface area contributed by atoms with Gasteiger partial charge in [-0.25, -0.2) is 0 Å². The molecule has 12 heavy (non-hydrogen) atoms. The fourth-order valence-corrected chi connectivity index (χ4v) is 1.89. The Labute approximate surface area is 74.0 Å². The van der Waals surface area contributed by atoms with Gasteiger partial charge in [-0.2, -0.15) is 0 Å². The minimum Gasteiger partial charge on any atom is -0.377 e. The molecule has 0 aromatic heterocycles. The molecule has 2 rings (SSSR count). The van der Waals surface area contributed by atoms with Gasteiger partial charge in [0.15, 0.2) is 0 Å². The largest absolute Gasteiger partial charge is 0.377 e. The molecule has 2 aliphatic rings. The van der Waals surface area contributed by atoms with E-state index in [9.17, 15) is 0 Å². The minimum atomic E-state index is 0.485. The third-order valence-corrected chi connectivity index (χ3v) is 2.64. The van der Waals surface area contributed by atoms with Crippen LogP contribution in [-0.2, 0) is 4.74 Å². The second kappa shape index (κ2) is 4.06. The minimum absolute atomic E-state index is 0.485. The van der Waals surface area contributed by atoms with Gasteiger partial charge >= 0.3 is 0 Å². The van der Waals surface area contributed by atoms with E-state index in [4.69, 9.17) is 4.74 Å². The quantitative estimate of drug-likeness (QED) is 0.643. The number of rotatable bonds is 3. The van der Waals surface area contributed by atoms with Crippen molar-refractivity contribution in [2.24, 2.45) is 0 Å². The second-order valence-corrected chi connectivity index (χ2v) is 3.66. The van der Waals surface area contributed by atoms with Gasteiger partial charge in [-0.05, 0) is 25.7 Å². The highest BCUT2D eigenvalue weighted by atomic mass is 16.5. The summed E-state index contributed by atoms with van der Waals surface area (Å²) >= 11 is 0. The molecule has 1 saturated heterocycles. The highest BCUT2D eigenvalue weighted by molar-refractivity contribution is 5.00. The number of ether oxygens (including phenoxy) is 1. The van der Waals surface area contributed by atoms with Crippen molar-refractivity contribution in [2.45, 2.75) is 37.8 Å². The zero-order chi connectivity index (χ0) is 8.23. The van der Waals surface area contributed by atoms with Gasteiger partial charge in [-0.1, -0.05) is 12.2 Å². The van der Waals surface area contributed by atoms with Crippen molar-refractivity contribution < 1.29 is 4.74 Å². The van der Waals surface area contributed by atoms with E-state index in [1.54, 1.807) is 0 Å². The molecule has 0 aromatic carbocycles. The van der Waals surface area contributed by atoms with Crippen molar-refractivity contribution in [1.29, 1.82) is 0 Å². The normalized spacial score (nSPS) is 34.7. The number of hydrogen-bond acceptors (Lipinski definition) is 2. The van der Waals surface area contributed by atoms with Crippen molar-refractivity contribution >= 4 is 0 Å². The topological polar surface area (TPSA) is 21.3 Å². The van der Waals surface area contributed by atoms with E-state index in [1.807, 2.05) is 0 Å². The maximum Gasteiger partial charge on any atom is 0.0700 e. The summed E-state index contributed by atoms with van der Waals surface area (Å²) in [6.07, 6.45) is 10.0. The molecule has 2 unspecified atom stereocenters. The van der Waals surface area contributed by atoms with Crippen LogP contribution in [0.3, 0.4) is 0 Å². The molecule has 0 amide bonds. The second-order valence-electron chi connectivity index (χ2n) is 3.66. The van der Waals surface area contributed by atoms with E-state index in [0.717, 1.165) is 13.2 Å². The van der Waals surface area contributed by atoms with E-state index >= 15 is 0 Å². The predicted octanol–water partition coefficient (Wildman–Crippen LogP) is 1.47. The molecule has 0 saturated carbocycles. The Kier molecular flexibility index (Phi) is 2.79.